The Hall–Kier alpha value is 0.0700. The maximum absolute atomic E-state index is 10.3. The number of hydrogen-bond acceptors (Lipinski definition) is 3. The summed E-state index contributed by atoms with van der Waals surface area (Å²) in [6.45, 7) is 2.21. The Morgan fingerprint density at radius 3 is 1.88 bits per heavy atom. The van der Waals surface area contributed by atoms with Crippen molar-refractivity contribution in [3.8, 4) is 0 Å². The second kappa shape index (κ2) is 11.6. The highest BCUT2D eigenvalue weighted by Crippen LogP contribution is 2.11. The summed E-state index contributed by atoms with van der Waals surface area (Å²) in [6, 6.07) is 0. The van der Waals surface area contributed by atoms with Gasteiger partial charge in [-0.05, 0) is 23.9 Å². The van der Waals surface area contributed by atoms with Crippen molar-refractivity contribution >= 4 is 11.1 Å². The van der Waals surface area contributed by atoms with Crippen molar-refractivity contribution in [2.24, 2.45) is 0 Å². The van der Waals surface area contributed by atoms with Gasteiger partial charge >= 0.3 is 0 Å². The monoisotopic (exact) mass is 249 g/mol. The van der Waals surface area contributed by atoms with E-state index in [0.29, 0.717) is 6.42 Å². The minimum Gasteiger partial charge on any atom is -0.770 e. The van der Waals surface area contributed by atoms with Gasteiger partial charge in [0.1, 0.15) is 5.44 Å². The van der Waals surface area contributed by atoms with Crippen LogP contribution < -0.4 is 0 Å². The van der Waals surface area contributed by atoms with E-state index in [9.17, 15) is 8.76 Å². The molecule has 2 atom stereocenters. The van der Waals surface area contributed by atoms with Gasteiger partial charge in [0.2, 0.25) is 0 Å². The minimum absolute atomic E-state index is 0.381. The molecule has 0 aliphatic heterocycles. The van der Waals surface area contributed by atoms with Gasteiger partial charge in [-0.2, -0.15) is 0 Å². The van der Waals surface area contributed by atoms with Crippen LogP contribution in [0.1, 0.15) is 71.1 Å². The van der Waals surface area contributed by atoms with Crippen LogP contribution in [0, 0.1) is 0 Å². The van der Waals surface area contributed by atoms with E-state index in [1.54, 1.807) is 0 Å². The zero-order chi connectivity index (χ0) is 12.2. The van der Waals surface area contributed by atoms with E-state index < -0.39 is 16.5 Å². The molecule has 0 aliphatic rings. The highest BCUT2D eigenvalue weighted by atomic mass is 32.2. The highest BCUT2D eigenvalue weighted by Gasteiger charge is 2.02. The van der Waals surface area contributed by atoms with Crippen LogP contribution in [-0.4, -0.2) is 19.3 Å². The first-order valence-electron chi connectivity index (χ1n) is 6.44. The summed E-state index contributed by atoms with van der Waals surface area (Å²) in [5, 5.41) is 9.01. The second-order valence-corrected chi connectivity index (χ2v) is 5.40. The van der Waals surface area contributed by atoms with E-state index in [4.69, 9.17) is 5.11 Å². The molecule has 0 saturated carbocycles. The maximum atomic E-state index is 10.3. The number of hydrogen-bond donors (Lipinski definition) is 1. The molecule has 1 N–H and O–H groups in total. The molecule has 98 valence electrons. The van der Waals surface area contributed by atoms with Crippen LogP contribution in [0.5, 0.6) is 0 Å². The van der Waals surface area contributed by atoms with Gasteiger partial charge in [-0.25, -0.2) is 0 Å². The van der Waals surface area contributed by atoms with E-state index in [0.717, 1.165) is 19.3 Å². The molecule has 0 aliphatic carbocycles. The van der Waals surface area contributed by atoms with Crippen LogP contribution in [0.4, 0.5) is 0 Å². The molecule has 0 rings (SSSR count). The average Bonchev–Trinajstić information content (AvgIpc) is 2.26. The molecule has 0 bridgehead atoms. The molecule has 0 aromatic carbocycles. The molecule has 0 heterocycles. The van der Waals surface area contributed by atoms with Crippen LogP contribution in [-0.2, 0) is 11.1 Å². The fourth-order valence-corrected chi connectivity index (χ4v) is 2.08. The van der Waals surface area contributed by atoms with Crippen molar-refractivity contribution in [1.29, 1.82) is 0 Å². The Kier molecular flexibility index (Phi) is 11.6. The number of unbranched alkanes of at least 4 members (excludes halogenated alkanes) is 8. The average molecular weight is 249 g/mol. The van der Waals surface area contributed by atoms with Gasteiger partial charge in [-0.1, -0.05) is 58.3 Å². The van der Waals surface area contributed by atoms with E-state index >= 15 is 0 Å². The van der Waals surface area contributed by atoms with Crippen LogP contribution >= 0.6 is 0 Å². The summed E-state index contributed by atoms with van der Waals surface area (Å²) in [5.41, 5.74) is -1.16. The summed E-state index contributed by atoms with van der Waals surface area (Å²) >= 11 is -2.32. The molecule has 3 nitrogen and oxygen atoms in total. The van der Waals surface area contributed by atoms with Gasteiger partial charge in [0.25, 0.3) is 0 Å². The zero-order valence-electron chi connectivity index (χ0n) is 10.3. The van der Waals surface area contributed by atoms with E-state index in [1.165, 1.54) is 38.5 Å². The third-order valence-electron chi connectivity index (χ3n) is 2.78. The lowest BCUT2D eigenvalue weighted by Gasteiger charge is -2.12. The molecule has 0 saturated heterocycles. The van der Waals surface area contributed by atoms with Crippen molar-refractivity contribution in [2.45, 2.75) is 76.6 Å². The molecule has 0 spiro atoms. The summed E-state index contributed by atoms with van der Waals surface area (Å²) in [6.07, 6.45) is 11.2. The lowest BCUT2D eigenvalue weighted by Crippen LogP contribution is -2.12. The lowest BCUT2D eigenvalue weighted by atomic mass is 10.1. The topological polar surface area (TPSA) is 60.4 Å². The molecule has 0 radical (unpaired) electrons. The van der Waals surface area contributed by atoms with Gasteiger partial charge in [0.15, 0.2) is 0 Å². The molecule has 2 unspecified atom stereocenters. The normalized spacial score (nSPS) is 14.9. The molecular weight excluding hydrogens is 224 g/mol. The first-order chi connectivity index (χ1) is 7.68. The molecule has 16 heavy (non-hydrogen) atoms. The summed E-state index contributed by atoms with van der Waals surface area (Å²) in [5.74, 6) is 0. The fourth-order valence-electron chi connectivity index (χ4n) is 1.73. The maximum Gasteiger partial charge on any atom is 0.115 e. The van der Waals surface area contributed by atoms with Crippen molar-refractivity contribution in [2.75, 3.05) is 0 Å². The molecule has 4 heteroatoms. The minimum atomic E-state index is -2.32. The standard InChI is InChI=1S/C12H26O3S/c1-2-3-4-5-6-7-8-9-10-11-12(13)16(14)15/h12-13H,2-11H2,1H3,(H,14,15)/p-1. The Morgan fingerprint density at radius 1 is 1.00 bits per heavy atom. The predicted octanol–water partition coefficient (Wildman–Crippen LogP) is 3.10. The third-order valence-corrected chi connectivity index (χ3v) is 3.46. The van der Waals surface area contributed by atoms with Crippen LogP contribution in [0.2, 0.25) is 0 Å². The van der Waals surface area contributed by atoms with Crippen molar-refractivity contribution in [3.05, 3.63) is 0 Å². The smallest absolute Gasteiger partial charge is 0.115 e. The van der Waals surface area contributed by atoms with E-state index in [2.05, 4.69) is 6.92 Å². The lowest BCUT2D eigenvalue weighted by molar-refractivity contribution is 0.229. The summed E-state index contributed by atoms with van der Waals surface area (Å²) < 4.78 is 20.6. The van der Waals surface area contributed by atoms with Gasteiger partial charge in [0, 0.05) is 0 Å². The largest absolute Gasteiger partial charge is 0.770 e. The Balaban J connectivity index is 3.07. The third kappa shape index (κ3) is 10.6. The highest BCUT2D eigenvalue weighted by molar-refractivity contribution is 7.79. The number of rotatable bonds is 11. The summed E-state index contributed by atoms with van der Waals surface area (Å²) in [4.78, 5) is 0. The fraction of sp³-hybridized carbons (Fsp3) is 1.00. The van der Waals surface area contributed by atoms with Crippen LogP contribution in [0.25, 0.3) is 0 Å². The molecule has 0 aromatic heterocycles. The van der Waals surface area contributed by atoms with Gasteiger partial charge in [-0.15, -0.1) is 0 Å². The van der Waals surface area contributed by atoms with Crippen molar-refractivity contribution in [1.82, 2.24) is 0 Å². The molecular formula is C12H25O3S-. The second-order valence-electron chi connectivity index (χ2n) is 4.33. The van der Waals surface area contributed by atoms with Crippen LogP contribution in [0.15, 0.2) is 0 Å². The first kappa shape index (κ1) is 16.1. The van der Waals surface area contributed by atoms with Gasteiger partial charge in [0.05, 0.1) is 0 Å². The Labute approximate surface area is 102 Å². The van der Waals surface area contributed by atoms with E-state index in [1.807, 2.05) is 0 Å². The Bertz CT molecular complexity index is 174. The van der Waals surface area contributed by atoms with Crippen molar-refractivity contribution in [3.63, 3.8) is 0 Å². The molecule has 0 fully saturated rings. The SMILES string of the molecule is CCCCCCCCCCCC(O)S(=O)[O-]. The summed E-state index contributed by atoms with van der Waals surface area (Å²) in [7, 11) is 0. The first-order valence-corrected chi connectivity index (χ1v) is 7.58. The molecule has 0 amide bonds. The predicted molar refractivity (Wildman–Crippen MR) is 66.8 cm³/mol. The number of aliphatic hydroxyl groups excluding tert-OH is 1. The Morgan fingerprint density at radius 2 is 1.44 bits per heavy atom. The van der Waals surface area contributed by atoms with Crippen LogP contribution in [0.3, 0.4) is 0 Å². The van der Waals surface area contributed by atoms with Gasteiger partial charge in [-0.3, -0.25) is 4.21 Å². The zero-order valence-corrected chi connectivity index (χ0v) is 11.1. The van der Waals surface area contributed by atoms with E-state index in [-0.39, 0.29) is 0 Å². The number of aliphatic hydroxyl groups is 1. The molecule has 0 aromatic rings. The quantitative estimate of drug-likeness (QED) is 0.452. The van der Waals surface area contributed by atoms with Gasteiger partial charge < -0.3 is 9.66 Å². The van der Waals surface area contributed by atoms with Crippen molar-refractivity contribution < 1.29 is 13.9 Å².